The van der Waals surface area contributed by atoms with E-state index in [1.165, 1.54) is 18.2 Å². The molecule has 0 radical (unpaired) electrons. The average molecular weight is 312 g/mol. The van der Waals surface area contributed by atoms with E-state index in [9.17, 15) is 12.8 Å². The molecule has 0 aliphatic heterocycles. The zero-order chi connectivity index (χ0) is 15.5. The Kier molecular flexibility index (Phi) is 4.59. The summed E-state index contributed by atoms with van der Waals surface area (Å²) in [6, 6.07) is 5.61. The summed E-state index contributed by atoms with van der Waals surface area (Å²) >= 11 is 0. The van der Waals surface area contributed by atoms with Gasteiger partial charge in [-0.15, -0.1) is 0 Å². The second-order valence-electron chi connectivity index (χ2n) is 4.49. The second-order valence-corrected chi connectivity index (χ2v) is 6.11. The lowest BCUT2D eigenvalue weighted by molar-refractivity contribution is 0.595. The number of hydrogen-bond acceptors (Lipinski definition) is 4. The predicted octanol–water partition coefficient (Wildman–Crippen LogP) is 1.77. The lowest BCUT2D eigenvalue weighted by Crippen LogP contribution is -2.19. The minimum Gasteiger partial charge on any atom is -0.311 e. The highest BCUT2D eigenvalue weighted by molar-refractivity contribution is 7.92. The standard InChI is InChI=1S/C13H17FN4O2S/c1-3-15-8-12-13(9(2)16-17-12)21(19,20)18-11-7-5-4-6-10(11)14/h4-7,15,18H,3,8H2,1-2H3,(H,16,17). The fourth-order valence-electron chi connectivity index (χ4n) is 1.93. The van der Waals surface area contributed by atoms with E-state index >= 15 is 0 Å². The molecule has 114 valence electrons. The molecule has 2 rings (SSSR count). The molecule has 0 spiro atoms. The van der Waals surface area contributed by atoms with Crippen molar-refractivity contribution >= 4 is 15.7 Å². The molecule has 21 heavy (non-hydrogen) atoms. The SMILES string of the molecule is CCNCc1n[nH]c(C)c1S(=O)(=O)Nc1ccccc1F. The van der Waals surface area contributed by atoms with E-state index in [-0.39, 0.29) is 10.6 Å². The molecule has 1 aromatic carbocycles. The molecule has 0 aliphatic carbocycles. The topological polar surface area (TPSA) is 86.9 Å². The summed E-state index contributed by atoms with van der Waals surface area (Å²) in [6.07, 6.45) is 0. The van der Waals surface area contributed by atoms with Crippen LogP contribution in [0.4, 0.5) is 10.1 Å². The monoisotopic (exact) mass is 312 g/mol. The van der Waals surface area contributed by atoms with Crippen molar-refractivity contribution in [1.29, 1.82) is 0 Å². The summed E-state index contributed by atoms with van der Waals surface area (Å²) < 4.78 is 40.8. The van der Waals surface area contributed by atoms with Gasteiger partial charge < -0.3 is 5.32 Å². The highest BCUT2D eigenvalue weighted by Gasteiger charge is 2.25. The third-order valence-electron chi connectivity index (χ3n) is 2.89. The molecule has 1 aromatic heterocycles. The summed E-state index contributed by atoms with van der Waals surface area (Å²) in [5, 5.41) is 9.65. The predicted molar refractivity (Wildman–Crippen MR) is 77.9 cm³/mol. The molecule has 0 saturated heterocycles. The van der Waals surface area contributed by atoms with Crippen LogP contribution < -0.4 is 10.0 Å². The number of nitrogens with zero attached hydrogens (tertiary/aromatic N) is 1. The Morgan fingerprint density at radius 2 is 2.05 bits per heavy atom. The Morgan fingerprint density at radius 1 is 1.33 bits per heavy atom. The molecule has 0 bridgehead atoms. The van der Waals surface area contributed by atoms with E-state index in [1.54, 1.807) is 13.0 Å². The smallest absolute Gasteiger partial charge is 0.265 e. The van der Waals surface area contributed by atoms with Crippen LogP contribution in [0.5, 0.6) is 0 Å². The molecule has 8 heteroatoms. The summed E-state index contributed by atoms with van der Waals surface area (Å²) in [5.41, 5.74) is 0.692. The Bertz CT molecular complexity index is 728. The molecule has 3 N–H and O–H groups in total. The molecule has 1 heterocycles. The molecular weight excluding hydrogens is 295 g/mol. The van der Waals surface area contributed by atoms with Crippen molar-refractivity contribution in [3.63, 3.8) is 0 Å². The fraction of sp³-hybridized carbons (Fsp3) is 0.308. The van der Waals surface area contributed by atoms with Crippen LogP contribution >= 0.6 is 0 Å². The lowest BCUT2D eigenvalue weighted by Gasteiger charge is -2.10. The van der Waals surface area contributed by atoms with Gasteiger partial charge in [-0.1, -0.05) is 19.1 Å². The van der Waals surface area contributed by atoms with Gasteiger partial charge in [0.1, 0.15) is 10.7 Å². The van der Waals surface area contributed by atoms with E-state index in [0.717, 1.165) is 0 Å². The number of aryl methyl sites for hydroxylation is 1. The third kappa shape index (κ3) is 3.40. The summed E-state index contributed by atoms with van der Waals surface area (Å²) in [7, 11) is -3.91. The van der Waals surface area contributed by atoms with Crippen LogP contribution in [0.25, 0.3) is 0 Å². The third-order valence-corrected chi connectivity index (χ3v) is 4.46. The van der Waals surface area contributed by atoms with Crippen molar-refractivity contribution in [1.82, 2.24) is 15.5 Å². The van der Waals surface area contributed by atoms with Crippen molar-refractivity contribution < 1.29 is 12.8 Å². The van der Waals surface area contributed by atoms with E-state index in [0.29, 0.717) is 24.5 Å². The van der Waals surface area contributed by atoms with Gasteiger partial charge in [0.2, 0.25) is 0 Å². The maximum atomic E-state index is 13.6. The summed E-state index contributed by atoms with van der Waals surface area (Å²) in [4.78, 5) is 0.0479. The van der Waals surface area contributed by atoms with Crippen molar-refractivity contribution in [2.75, 3.05) is 11.3 Å². The number of nitrogens with one attached hydrogen (secondary N) is 3. The van der Waals surface area contributed by atoms with Crippen LogP contribution in [0.3, 0.4) is 0 Å². The van der Waals surface area contributed by atoms with E-state index in [2.05, 4.69) is 20.2 Å². The van der Waals surface area contributed by atoms with Crippen molar-refractivity contribution in [3.8, 4) is 0 Å². The minimum absolute atomic E-state index is 0.0479. The maximum absolute atomic E-state index is 13.6. The van der Waals surface area contributed by atoms with Gasteiger partial charge in [0.25, 0.3) is 10.0 Å². The van der Waals surface area contributed by atoms with E-state index in [1.807, 2.05) is 6.92 Å². The van der Waals surface area contributed by atoms with Crippen molar-refractivity contribution in [3.05, 3.63) is 41.5 Å². The molecule has 0 saturated carbocycles. The van der Waals surface area contributed by atoms with Crippen LogP contribution in [0.1, 0.15) is 18.3 Å². The van der Waals surface area contributed by atoms with Crippen LogP contribution in [0, 0.1) is 12.7 Å². The quantitative estimate of drug-likeness (QED) is 0.758. The van der Waals surface area contributed by atoms with Gasteiger partial charge in [-0.05, 0) is 25.6 Å². The molecule has 2 aromatic rings. The molecule has 6 nitrogen and oxygen atoms in total. The number of sulfonamides is 1. The largest absolute Gasteiger partial charge is 0.311 e. The van der Waals surface area contributed by atoms with E-state index in [4.69, 9.17) is 0 Å². The highest BCUT2D eigenvalue weighted by Crippen LogP contribution is 2.22. The number of aromatic amines is 1. The number of para-hydroxylation sites is 1. The van der Waals surface area contributed by atoms with Crippen molar-refractivity contribution in [2.45, 2.75) is 25.3 Å². The Labute approximate surface area is 122 Å². The van der Waals surface area contributed by atoms with Gasteiger partial charge in [-0.25, -0.2) is 12.8 Å². The van der Waals surface area contributed by atoms with Crippen molar-refractivity contribution in [2.24, 2.45) is 0 Å². The first-order valence-corrected chi connectivity index (χ1v) is 7.96. The second kappa shape index (κ2) is 6.23. The first kappa shape index (κ1) is 15.5. The van der Waals surface area contributed by atoms with Crippen LogP contribution in [-0.2, 0) is 16.6 Å². The maximum Gasteiger partial charge on any atom is 0.265 e. The summed E-state index contributed by atoms with van der Waals surface area (Å²) in [5.74, 6) is -0.629. The number of halogens is 1. The fourth-order valence-corrected chi connectivity index (χ4v) is 3.36. The zero-order valence-corrected chi connectivity index (χ0v) is 12.6. The molecule has 0 fully saturated rings. The highest BCUT2D eigenvalue weighted by atomic mass is 32.2. The molecule has 0 atom stereocenters. The van der Waals surface area contributed by atoms with Gasteiger partial charge in [-0.3, -0.25) is 9.82 Å². The first-order valence-electron chi connectivity index (χ1n) is 6.47. The average Bonchev–Trinajstić information content (AvgIpc) is 2.81. The Hall–Kier alpha value is -1.93. The van der Waals surface area contributed by atoms with Gasteiger partial charge in [0.15, 0.2) is 0 Å². The van der Waals surface area contributed by atoms with Crippen LogP contribution in [0.15, 0.2) is 29.2 Å². The number of benzene rings is 1. The Balaban J connectivity index is 2.36. The van der Waals surface area contributed by atoms with Gasteiger partial charge in [0.05, 0.1) is 17.1 Å². The summed E-state index contributed by atoms with van der Waals surface area (Å²) in [6.45, 7) is 4.52. The van der Waals surface area contributed by atoms with E-state index < -0.39 is 15.8 Å². The zero-order valence-electron chi connectivity index (χ0n) is 11.8. The number of anilines is 1. The molecule has 0 aliphatic rings. The molecule has 0 amide bonds. The molecular formula is C13H17FN4O2S. The number of H-pyrrole nitrogens is 1. The van der Waals surface area contributed by atoms with Gasteiger partial charge in [0, 0.05) is 6.54 Å². The number of hydrogen-bond donors (Lipinski definition) is 3. The first-order chi connectivity index (χ1) is 9.95. The van der Waals surface area contributed by atoms with Crippen LogP contribution in [0.2, 0.25) is 0 Å². The minimum atomic E-state index is -3.91. The number of rotatable bonds is 6. The van der Waals surface area contributed by atoms with Gasteiger partial charge in [-0.2, -0.15) is 5.10 Å². The lowest BCUT2D eigenvalue weighted by atomic mass is 10.3. The van der Waals surface area contributed by atoms with Crippen LogP contribution in [-0.4, -0.2) is 25.2 Å². The van der Waals surface area contributed by atoms with Gasteiger partial charge >= 0.3 is 0 Å². The Morgan fingerprint density at radius 3 is 2.71 bits per heavy atom. The number of aromatic nitrogens is 2. The molecule has 0 unspecified atom stereocenters. The normalized spacial score (nSPS) is 11.6.